The normalized spacial score (nSPS) is 12.3. The van der Waals surface area contributed by atoms with Crippen molar-refractivity contribution in [1.82, 2.24) is 0 Å². The third-order valence-corrected chi connectivity index (χ3v) is 9.53. The number of hydrogen-bond donors (Lipinski definition) is 0. The van der Waals surface area contributed by atoms with Gasteiger partial charge in [0.15, 0.2) is 0 Å². The molecular weight excluding hydrogens is 500 g/mol. The Bertz CT molecular complexity index is 2130. The van der Waals surface area contributed by atoms with E-state index in [1.54, 1.807) is 0 Å². The molecule has 0 amide bonds. The Morgan fingerprint density at radius 1 is 0.625 bits per heavy atom. The molecule has 40 heavy (non-hydrogen) atoms. The first-order chi connectivity index (χ1) is 19.7. The van der Waals surface area contributed by atoms with Gasteiger partial charge < -0.3 is 0 Å². The molecule has 0 aliphatic rings. The molecule has 0 fully saturated rings. The predicted molar refractivity (Wildman–Crippen MR) is 175 cm³/mol. The van der Waals surface area contributed by atoms with Gasteiger partial charge in [0.1, 0.15) is 0 Å². The third kappa shape index (κ3) is 4.15. The fourth-order valence-corrected chi connectivity index (χ4v) is 7.67. The molecule has 1 heteroatoms. The second kappa shape index (κ2) is 10.3. The van der Waals surface area contributed by atoms with E-state index in [1.807, 2.05) is 11.3 Å². The van der Waals surface area contributed by atoms with Gasteiger partial charge in [-0.15, -0.1) is 11.3 Å². The van der Waals surface area contributed by atoms with Gasteiger partial charge in [-0.25, -0.2) is 0 Å². The zero-order chi connectivity index (χ0) is 27.1. The van der Waals surface area contributed by atoms with E-state index in [-0.39, 0.29) is 0 Å². The lowest BCUT2D eigenvalue weighted by Crippen LogP contribution is -2.25. The van der Waals surface area contributed by atoms with Gasteiger partial charge in [0.25, 0.3) is 0 Å². The molecule has 0 saturated carbocycles. The molecule has 0 aliphatic carbocycles. The lowest BCUT2D eigenvalue weighted by Gasteiger charge is -2.13. The molecule has 1 heterocycles. The molecule has 0 bridgehead atoms. The molecule has 7 rings (SSSR count). The first-order valence-corrected chi connectivity index (χ1v) is 14.8. The minimum atomic E-state index is 0.948. The number of aryl methyl sites for hydroxylation is 2. The lowest BCUT2D eigenvalue weighted by molar-refractivity contribution is 1.01. The van der Waals surface area contributed by atoms with E-state index in [0.29, 0.717) is 0 Å². The highest BCUT2D eigenvalue weighted by molar-refractivity contribution is 7.23. The highest BCUT2D eigenvalue weighted by atomic mass is 32.1. The van der Waals surface area contributed by atoms with Crippen LogP contribution in [0.3, 0.4) is 0 Å². The van der Waals surface area contributed by atoms with Gasteiger partial charge in [0, 0.05) is 20.3 Å². The van der Waals surface area contributed by atoms with E-state index in [4.69, 9.17) is 0 Å². The summed E-state index contributed by atoms with van der Waals surface area (Å²) in [5.74, 6) is 0. The van der Waals surface area contributed by atoms with Crippen molar-refractivity contribution in [3.8, 4) is 10.4 Å². The summed E-state index contributed by atoms with van der Waals surface area (Å²) in [4.78, 5) is 1.38. The van der Waals surface area contributed by atoms with E-state index in [0.717, 1.165) is 18.1 Å². The molecule has 0 saturated heterocycles. The second-order valence-corrected chi connectivity index (χ2v) is 11.5. The Morgan fingerprint density at radius 3 is 2.00 bits per heavy atom. The van der Waals surface area contributed by atoms with Crippen molar-refractivity contribution in [2.45, 2.75) is 19.8 Å². The van der Waals surface area contributed by atoms with Crippen molar-refractivity contribution in [2.24, 2.45) is 0 Å². The Balaban J connectivity index is 1.39. The van der Waals surface area contributed by atoms with Crippen LogP contribution in [0.5, 0.6) is 0 Å². The van der Waals surface area contributed by atoms with Crippen LogP contribution in [0.4, 0.5) is 0 Å². The first-order valence-electron chi connectivity index (χ1n) is 13.9. The van der Waals surface area contributed by atoms with Crippen molar-refractivity contribution in [2.75, 3.05) is 0 Å². The summed E-state index contributed by atoms with van der Waals surface area (Å²) in [6.45, 7) is 6.67. The minimum Gasteiger partial charge on any atom is -0.134 e. The van der Waals surface area contributed by atoms with E-state index >= 15 is 0 Å². The Kier molecular flexibility index (Phi) is 6.30. The van der Waals surface area contributed by atoms with Crippen molar-refractivity contribution < 1.29 is 0 Å². The largest absolute Gasteiger partial charge is 0.134 e. The van der Waals surface area contributed by atoms with Crippen LogP contribution in [-0.4, -0.2) is 0 Å². The van der Waals surface area contributed by atoms with Gasteiger partial charge in [0.2, 0.25) is 0 Å². The van der Waals surface area contributed by atoms with Crippen molar-refractivity contribution in [1.29, 1.82) is 0 Å². The standard InChI is InChI=1S/C39H30S/c1-26-14-6-8-18-30(26)31(28-15-4-3-5-16-28)25-24-29-17-7-9-19-32(29)38-27(2)37-35-22-12-10-20-33(35)34-21-11-13-23-36(34)39(37)40-38/h3-23H,1,24-25H2,2H3/b31-30+. The first kappa shape index (κ1) is 24.6. The summed E-state index contributed by atoms with van der Waals surface area (Å²) < 4.78 is 1.39. The van der Waals surface area contributed by atoms with Crippen LogP contribution in [-0.2, 0) is 6.42 Å². The maximum atomic E-state index is 4.35. The van der Waals surface area contributed by atoms with Crippen LogP contribution in [0.15, 0.2) is 127 Å². The van der Waals surface area contributed by atoms with E-state index < -0.39 is 0 Å². The highest BCUT2D eigenvalue weighted by Crippen LogP contribution is 2.46. The average molecular weight is 531 g/mol. The summed E-state index contributed by atoms with van der Waals surface area (Å²) in [6, 6.07) is 46.1. The number of benzene rings is 6. The maximum Gasteiger partial charge on any atom is 0.0437 e. The van der Waals surface area contributed by atoms with Crippen molar-refractivity contribution >= 4 is 55.1 Å². The summed E-state index contributed by atoms with van der Waals surface area (Å²) in [5.41, 5.74) is 6.74. The lowest BCUT2D eigenvalue weighted by atomic mass is 9.92. The molecule has 0 unspecified atom stereocenters. The van der Waals surface area contributed by atoms with Gasteiger partial charge in [-0.3, -0.25) is 0 Å². The molecule has 0 N–H and O–H groups in total. The van der Waals surface area contributed by atoms with Gasteiger partial charge in [0.05, 0.1) is 0 Å². The quantitative estimate of drug-likeness (QED) is 0.194. The molecular formula is C39H30S. The molecule has 0 aliphatic heterocycles. The minimum absolute atomic E-state index is 0.948. The summed E-state index contributed by atoms with van der Waals surface area (Å²) >= 11 is 1.95. The van der Waals surface area contributed by atoms with Gasteiger partial charge in [-0.1, -0.05) is 134 Å². The van der Waals surface area contributed by atoms with Crippen LogP contribution in [0, 0.1) is 6.92 Å². The fraction of sp³-hybridized carbons (Fsp3) is 0.0769. The molecule has 6 aromatic carbocycles. The van der Waals surface area contributed by atoms with E-state index in [2.05, 4.69) is 141 Å². The smallest absolute Gasteiger partial charge is 0.0437 e. The number of rotatable bonds is 5. The molecule has 192 valence electrons. The van der Waals surface area contributed by atoms with E-state index in [9.17, 15) is 0 Å². The van der Waals surface area contributed by atoms with Gasteiger partial charge in [-0.2, -0.15) is 0 Å². The van der Waals surface area contributed by atoms with Crippen LogP contribution < -0.4 is 10.4 Å². The van der Waals surface area contributed by atoms with Gasteiger partial charge in [-0.05, 0) is 74.2 Å². The SMILES string of the molecule is C=c1cccc/c1=C(/CCc1ccccc1-c1sc2c3ccccc3c3ccccc3c2c1C)c1ccccc1. The molecule has 0 atom stereocenters. The van der Waals surface area contributed by atoms with E-state index in [1.165, 1.54) is 69.6 Å². The van der Waals surface area contributed by atoms with Crippen LogP contribution in [0.25, 0.3) is 54.2 Å². The fourth-order valence-electron chi connectivity index (χ4n) is 6.24. The molecule has 7 aromatic rings. The zero-order valence-corrected chi connectivity index (χ0v) is 23.5. The number of hydrogen-bond acceptors (Lipinski definition) is 1. The van der Waals surface area contributed by atoms with Crippen LogP contribution >= 0.6 is 11.3 Å². The monoisotopic (exact) mass is 530 g/mol. The predicted octanol–water partition coefficient (Wildman–Crippen LogP) is 9.43. The molecule has 1 aromatic heterocycles. The highest BCUT2D eigenvalue weighted by Gasteiger charge is 2.18. The third-order valence-electron chi connectivity index (χ3n) is 8.18. The van der Waals surface area contributed by atoms with Crippen LogP contribution in [0.1, 0.15) is 23.1 Å². The number of fused-ring (bicyclic) bond motifs is 6. The Hall–Kier alpha value is -4.46. The molecule has 0 radical (unpaired) electrons. The molecule has 0 nitrogen and oxygen atoms in total. The van der Waals surface area contributed by atoms with Gasteiger partial charge >= 0.3 is 0 Å². The topological polar surface area (TPSA) is 0 Å². The molecule has 0 spiro atoms. The van der Waals surface area contributed by atoms with Crippen molar-refractivity contribution in [3.05, 3.63) is 155 Å². The Labute approximate surface area is 239 Å². The maximum absolute atomic E-state index is 4.35. The zero-order valence-electron chi connectivity index (χ0n) is 22.7. The van der Waals surface area contributed by atoms with Crippen LogP contribution in [0.2, 0.25) is 0 Å². The Morgan fingerprint density at radius 2 is 1.23 bits per heavy atom. The second-order valence-electron chi connectivity index (χ2n) is 10.5. The summed E-state index contributed by atoms with van der Waals surface area (Å²) in [6.07, 6.45) is 1.91. The average Bonchev–Trinajstić information content (AvgIpc) is 3.36. The number of thiophene rings is 1. The van der Waals surface area contributed by atoms with Crippen molar-refractivity contribution in [3.63, 3.8) is 0 Å². The summed E-state index contributed by atoms with van der Waals surface area (Å²) in [5, 5.41) is 9.07. The summed E-state index contributed by atoms with van der Waals surface area (Å²) in [7, 11) is 0.